The minimum Gasteiger partial charge on any atom is -0.465 e. The van der Waals surface area contributed by atoms with Crippen LogP contribution in [0.15, 0.2) is 0 Å². The van der Waals surface area contributed by atoms with Gasteiger partial charge in [0.05, 0.1) is 0 Å². The molecular formula is C11H19NO2. The summed E-state index contributed by atoms with van der Waals surface area (Å²) in [6, 6.07) is 0. The highest BCUT2D eigenvalue weighted by molar-refractivity contribution is 5.65. The average Bonchev–Trinajstić information content (AvgIpc) is 2.19. The molecule has 3 heteroatoms. The molecule has 0 aromatic heterocycles. The first kappa shape index (κ1) is 9.81. The Kier molecular flexibility index (Phi) is 2.66. The highest BCUT2D eigenvalue weighted by Crippen LogP contribution is 2.44. The van der Waals surface area contributed by atoms with E-state index < -0.39 is 6.09 Å². The molecule has 2 fully saturated rings. The number of carbonyl (C=O) groups is 1. The Hall–Kier alpha value is -0.730. The van der Waals surface area contributed by atoms with Crippen molar-refractivity contribution in [2.24, 2.45) is 5.41 Å². The normalized spacial score (nSPS) is 26.4. The van der Waals surface area contributed by atoms with Crippen molar-refractivity contribution < 1.29 is 9.90 Å². The van der Waals surface area contributed by atoms with Gasteiger partial charge in [0.25, 0.3) is 0 Å². The van der Waals surface area contributed by atoms with E-state index in [1.165, 1.54) is 32.1 Å². The van der Waals surface area contributed by atoms with Gasteiger partial charge in [0.2, 0.25) is 0 Å². The summed E-state index contributed by atoms with van der Waals surface area (Å²) < 4.78 is 0. The Morgan fingerprint density at radius 3 is 2.07 bits per heavy atom. The summed E-state index contributed by atoms with van der Waals surface area (Å²) in [6.45, 7) is 1.52. The van der Waals surface area contributed by atoms with Crippen molar-refractivity contribution in [3.63, 3.8) is 0 Å². The van der Waals surface area contributed by atoms with Crippen LogP contribution in [-0.4, -0.2) is 29.2 Å². The summed E-state index contributed by atoms with van der Waals surface area (Å²) in [4.78, 5) is 12.3. The lowest BCUT2D eigenvalue weighted by molar-refractivity contribution is 0.0645. The van der Waals surface area contributed by atoms with Crippen LogP contribution in [0.5, 0.6) is 0 Å². The van der Waals surface area contributed by atoms with Crippen LogP contribution in [0.4, 0.5) is 4.79 Å². The van der Waals surface area contributed by atoms with Gasteiger partial charge in [-0.15, -0.1) is 0 Å². The first-order valence-corrected chi connectivity index (χ1v) is 5.70. The molecule has 1 aliphatic carbocycles. The third-order valence-electron chi connectivity index (χ3n) is 4.01. The van der Waals surface area contributed by atoms with E-state index in [4.69, 9.17) is 5.11 Å². The molecule has 3 nitrogen and oxygen atoms in total. The third kappa shape index (κ3) is 1.86. The lowest BCUT2D eigenvalue weighted by Crippen LogP contribution is -2.43. The second kappa shape index (κ2) is 3.79. The number of nitrogens with zero attached hydrogens (tertiary/aromatic N) is 1. The summed E-state index contributed by atoms with van der Waals surface area (Å²) >= 11 is 0. The molecule has 0 radical (unpaired) electrons. The Morgan fingerprint density at radius 2 is 1.57 bits per heavy atom. The summed E-state index contributed by atoms with van der Waals surface area (Å²) in [7, 11) is 0. The van der Waals surface area contributed by atoms with E-state index in [9.17, 15) is 4.79 Å². The van der Waals surface area contributed by atoms with Crippen LogP contribution < -0.4 is 0 Å². The van der Waals surface area contributed by atoms with Crippen molar-refractivity contribution in [2.75, 3.05) is 13.1 Å². The standard InChI is InChI=1S/C11H19NO2/c13-10(14)12-8-6-11(7-9-12)4-2-1-3-5-11/h1-9H2,(H,13,14). The molecule has 14 heavy (non-hydrogen) atoms. The molecule has 1 spiro atoms. The van der Waals surface area contributed by atoms with Crippen LogP contribution in [0.1, 0.15) is 44.9 Å². The maximum atomic E-state index is 10.8. The Morgan fingerprint density at radius 1 is 1.00 bits per heavy atom. The van der Waals surface area contributed by atoms with Gasteiger partial charge in [0, 0.05) is 13.1 Å². The number of rotatable bonds is 0. The smallest absolute Gasteiger partial charge is 0.407 e. The molecule has 0 bridgehead atoms. The lowest BCUT2D eigenvalue weighted by atomic mass is 9.68. The molecule has 0 atom stereocenters. The van der Waals surface area contributed by atoms with Gasteiger partial charge in [0.1, 0.15) is 0 Å². The van der Waals surface area contributed by atoms with Crippen LogP contribution in [0.25, 0.3) is 0 Å². The van der Waals surface area contributed by atoms with E-state index >= 15 is 0 Å². The zero-order valence-corrected chi connectivity index (χ0v) is 8.67. The number of piperidine rings is 1. The van der Waals surface area contributed by atoms with Crippen molar-refractivity contribution in [3.05, 3.63) is 0 Å². The van der Waals surface area contributed by atoms with E-state index in [1.54, 1.807) is 4.90 Å². The fourth-order valence-corrected chi connectivity index (χ4v) is 2.97. The van der Waals surface area contributed by atoms with E-state index in [-0.39, 0.29) is 0 Å². The molecular weight excluding hydrogens is 178 g/mol. The maximum absolute atomic E-state index is 10.8. The summed E-state index contributed by atoms with van der Waals surface area (Å²) in [6.07, 6.45) is 8.21. The van der Waals surface area contributed by atoms with Gasteiger partial charge in [-0.1, -0.05) is 19.3 Å². The van der Waals surface area contributed by atoms with Gasteiger partial charge in [-0.3, -0.25) is 0 Å². The maximum Gasteiger partial charge on any atom is 0.407 e. The fraction of sp³-hybridized carbons (Fsp3) is 0.909. The number of likely N-dealkylation sites (tertiary alicyclic amines) is 1. The summed E-state index contributed by atoms with van der Waals surface area (Å²) in [5.74, 6) is 0. The summed E-state index contributed by atoms with van der Waals surface area (Å²) in [5.41, 5.74) is 0.518. The largest absolute Gasteiger partial charge is 0.465 e. The molecule has 1 N–H and O–H groups in total. The Balaban J connectivity index is 1.90. The summed E-state index contributed by atoms with van der Waals surface area (Å²) in [5, 5.41) is 8.85. The minimum atomic E-state index is -0.740. The SMILES string of the molecule is O=C(O)N1CCC2(CCCCC2)CC1. The number of amides is 1. The second-order valence-electron chi connectivity index (χ2n) is 4.83. The van der Waals surface area contributed by atoms with Crippen LogP contribution in [0.2, 0.25) is 0 Å². The van der Waals surface area contributed by atoms with Crippen molar-refractivity contribution >= 4 is 6.09 Å². The fourth-order valence-electron chi connectivity index (χ4n) is 2.97. The average molecular weight is 197 g/mol. The quantitative estimate of drug-likeness (QED) is 0.648. The van der Waals surface area contributed by atoms with Gasteiger partial charge in [-0.05, 0) is 31.1 Å². The van der Waals surface area contributed by atoms with Gasteiger partial charge in [-0.2, -0.15) is 0 Å². The highest BCUT2D eigenvalue weighted by Gasteiger charge is 2.36. The molecule has 0 aromatic rings. The van der Waals surface area contributed by atoms with Crippen LogP contribution in [0, 0.1) is 5.41 Å². The van der Waals surface area contributed by atoms with Crippen LogP contribution in [-0.2, 0) is 0 Å². The van der Waals surface area contributed by atoms with E-state index in [1.807, 2.05) is 0 Å². The third-order valence-corrected chi connectivity index (χ3v) is 4.01. The first-order chi connectivity index (χ1) is 6.72. The molecule has 80 valence electrons. The lowest BCUT2D eigenvalue weighted by Gasteiger charge is -2.43. The number of carboxylic acid groups (broad SMARTS) is 1. The topological polar surface area (TPSA) is 40.5 Å². The van der Waals surface area contributed by atoms with Gasteiger partial charge in [-0.25, -0.2) is 4.79 Å². The predicted octanol–water partition coefficient (Wildman–Crippen LogP) is 2.71. The van der Waals surface area contributed by atoms with Gasteiger partial charge < -0.3 is 10.0 Å². The van der Waals surface area contributed by atoms with Crippen LogP contribution >= 0.6 is 0 Å². The van der Waals surface area contributed by atoms with Crippen molar-refractivity contribution in [2.45, 2.75) is 44.9 Å². The molecule has 0 unspecified atom stereocenters. The molecule has 0 aromatic carbocycles. The Labute approximate surface area is 85.1 Å². The molecule has 1 aliphatic heterocycles. The monoisotopic (exact) mass is 197 g/mol. The zero-order chi connectivity index (χ0) is 10.0. The molecule has 2 rings (SSSR count). The van der Waals surface area contributed by atoms with Gasteiger partial charge >= 0.3 is 6.09 Å². The predicted molar refractivity (Wildman–Crippen MR) is 54.3 cm³/mol. The van der Waals surface area contributed by atoms with E-state index in [2.05, 4.69) is 0 Å². The van der Waals surface area contributed by atoms with Crippen molar-refractivity contribution in [1.29, 1.82) is 0 Å². The molecule has 1 saturated heterocycles. The number of hydrogen-bond acceptors (Lipinski definition) is 1. The minimum absolute atomic E-state index is 0.518. The van der Waals surface area contributed by atoms with E-state index in [0.29, 0.717) is 5.41 Å². The van der Waals surface area contributed by atoms with Gasteiger partial charge in [0.15, 0.2) is 0 Å². The number of hydrogen-bond donors (Lipinski definition) is 1. The molecule has 1 amide bonds. The first-order valence-electron chi connectivity index (χ1n) is 5.70. The highest BCUT2D eigenvalue weighted by atomic mass is 16.4. The van der Waals surface area contributed by atoms with E-state index in [0.717, 1.165) is 25.9 Å². The van der Waals surface area contributed by atoms with Crippen molar-refractivity contribution in [1.82, 2.24) is 4.90 Å². The molecule has 1 saturated carbocycles. The Bertz CT molecular complexity index is 211. The zero-order valence-electron chi connectivity index (χ0n) is 8.67. The second-order valence-corrected chi connectivity index (χ2v) is 4.83. The van der Waals surface area contributed by atoms with Crippen molar-refractivity contribution in [3.8, 4) is 0 Å². The molecule has 1 heterocycles. The van der Waals surface area contributed by atoms with Crippen LogP contribution in [0.3, 0.4) is 0 Å². The molecule has 2 aliphatic rings.